The fourth-order valence-corrected chi connectivity index (χ4v) is 3.94. The van der Waals surface area contributed by atoms with Crippen molar-refractivity contribution in [3.8, 4) is 0 Å². The SMILES string of the molecule is Cc1nn(C)c(CSc2nc(N)c3ccsc3n2)c1Cl. The van der Waals surface area contributed by atoms with E-state index in [0.29, 0.717) is 21.7 Å². The van der Waals surface area contributed by atoms with Crippen molar-refractivity contribution in [1.29, 1.82) is 0 Å². The maximum atomic E-state index is 6.23. The molecular formula is C12H12ClN5S2. The van der Waals surface area contributed by atoms with Crippen LogP contribution >= 0.6 is 34.7 Å². The molecule has 0 aliphatic heterocycles. The zero-order chi connectivity index (χ0) is 14.3. The minimum atomic E-state index is 0.519. The summed E-state index contributed by atoms with van der Waals surface area (Å²) >= 11 is 9.30. The molecule has 0 radical (unpaired) electrons. The summed E-state index contributed by atoms with van der Waals surface area (Å²) in [6.07, 6.45) is 0. The summed E-state index contributed by atoms with van der Waals surface area (Å²) in [5, 5.41) is 8.52. The summed E-state index contributed by atoms with van der Waals surface area (Å²) in [5.74, 6) is 1.18. The minimum Gasteiger partial charge on any atom is -0.383 e. The lowest BCUT2D eigenvalue weighted by atomic mass is 10.4. The Morgan fingerprint density at radius 1 is 1.45 bits per heavy atom. The fraction of sp³-hybridized carbons (Fsp3) is 0.250. The monoisotopic (exact) mass is 325 g/mol. The minimum absolute atomic E-state index is 0.519. The number of hydrogen-bond acceptors (Lipinski definition) is 6. The normalized spacial score (nSPS) is 11.3. The Kier molecular flexibility index (Phi) is 3.57. The lowest BCUT2D eigenvalue weighted by Crippen LogP contribution is -1.99. The van der Waals surface area contributed by atoms with Gasteiger partial charge in [-0.2, -0.15) is 5.10 Å². The molecule has 0 bridgehead atoms. The summed E-state index contributed by atoms with van der Waals surface area (Å²) in [6, 6.07) is 1.94. The fourth-order valence-electron chi connectivity index (χ4n) is 1.89. The first-order chi connectivity index (χ1) is 9.56. The number of fused-ring (bicyclic) bond motifs is 1. The molecule has 0 unspecified atom stereocenters. The average Bonchev–Trinajstić information content (AvgIpc) is 2.95. The largest absolute Gasteiger partial charge is 0.383 e. The highest BCUT2D eigenvalue weighted by atomic mass is 35.5. The first-order valence-electron chi connectivity index (χ1n) is 5.87. The van der Waals surface area contributed by atoms with Crippen molar-refractivity contribution in [1.82, 2.24) is 19.7 Å². The van der Waals surface area contributed by atoms with Crippen LogP contribution in [0.3, 0.4) is 0 Å². The maximum Gasteiger partial charge on any atom is 0.191 e. The van der Waals surface area contributed by atoms with Crippen LogP contribution in [0, 0.1) is 6.92 Å². The molecule has 0 atom stereocenters. The Bertz CT molecular complexity index is 780. The Morgan fingerprint density at radius 2 is 2.25 bits per heavy atom. The lowest BCUT2D eigenvalue weighted by molar-refractivity contribution is 0.727. The molecule has 20 heavy (non-hydrogen) atoms. The van der Waals surface area contributed by atoms with Gasteiger partial charge in [0, 0.05) is 12.8 Å². The van der Waals surface area contributed by atoms with Gasteiger partial charge in [0.1, 0.15) is 10.6 Å². The number of nitrogens with two attached hydrogens (primary N) is 1. The molecule has 0 saturated heterocycles. The highest BCUT2D eigenvalue weighted by Gasteiger charge is 2.13. The second-order valence-electron chi connectivity index (χ2n) is 4.29. The Morgan fingerprint density at radius 3 is 2.95 bits per heavy atom. The Labute approximate surface area is 129 Å². The van der Waals surface area contributed by atoms with E-state index in [-0.39, 0.29) is 0 Å². The predicted molar refractivity (Wildman–Crippen MR) is 84.3 cm³/mol. The van der Waals surface area contributed by atoms with Crippen LogP contribution < -0.4 is 5.73 Å². The van der Waals surface area contributed by atoms with Crippen LogP contribution in [0.25, 0.3) is 10.2 Å². The van der Waals surface area contributed by atoms with E-state index in [4.69, 9.17) is 17.3 Å². The maximum absolute atomic E-state index is 6.23. The number of rotatable bonds is 3. The van der Waals surface area contributed by atoms with Crippen LogP contribution in [-0.2, 0) is 12.8 Å². The molecule has 3 aromatic heterocycles. The van der Waals surface area contributed by atoms with Gasteiger partial charge < -0.3 is 5.73 Å². The van der Waals surface area contributed by atoms with Gasteiger partial charge in [0.05, 0.1) is 21.8 Å². The lowest BCUT2D eigenvalue weighted by Gasteiger charge is -2.03. The van der Waals surface area contributed by atoms with Gasteiger partial charge in [-0.05, 0) is 18.4 Å². The quantitative estimate of drug-likeness (QED) is 0.591. The number of thioether (sulfide) groups is 1. The van der Waals surface area contributed by atoms with E-state index in [9.17, 15) is 0 Å². The van der Waals surface area contributed by atoms with E-state index in [1.165, 1.54) is 11.8 Å². The highest BCUT2D eigenvalue weighted by Crippen LogP contribution is 2.30. The number of anilines is 1. The first kappa shape index (κ1) is 13.7. The molecule has 0 saturated carbocycles. The number of nitrogen functional groups attached to an aromatic ring is 1. The van der Waals surface area contributed by atoms with Crippen molar-refractivity contribution in [3.63, 3.8) is 0 Å². The molecular weight excluding hydrogens is 314 g/mol. The molecule has 0 aliphatic rings. The molecule has 0 aromatic carbocycles. The number of nitrogens with zero attached hydrogens (tertiary/aromatic N) is 4. The van der Waals surface area contributed by atoms with Crippen LogP contribution in [0.1, 0.15) is 11.4 Å². The topological polar surface area (TPSA) is 69.6 Å². The summed E-state index contributed by atoms with van der Waals surface area (Å²) in [5.41, 5.74) is 7.73. The summed E-state index contributed by atoms with van der Waals surface area (Å²) < 4.78 is 1.79. The second kappa shape index (κ2) is 5.23. The highest BCUT2D eigenvalue weighted by molar-refractivity contribution is 7.98. The third-order valence-corrected chi connectivity index (χ3v) is 5.09. The van der Waals surface area contributed by atoms with Gasteiger partial charge in [-0.3, -0.25) is 4.68 Å². The van der Waals surface area contributed by atoms with Crippen molar-refractivity contribution in [2.75, 3.05) is 5.73 Å². The predicted octanol–water partition coefficient (Wildman–Crippen LogP) is 3.26. The summed E-state index contributed by atoms with van der Waals surface area (Å²) in [4.78, 5) is 9.72. The molecule has 5 nitrogen and oxygen atoms in total. The number of thiophene rings is 1. The van der Waals surface area contributed by atoms with Crippen LogP contribution in [-0.4, -0.2) is 19.7 Å². The summed E-state index contributed by atoms with van der Waals surface area (Å²) in [7, 11) is 1.88. The Hall–Kier alpha value is -1.31. The van der Waals surface area contributed by atoms with Crippen molar-refractivity contribution < 1.29 is 0 Å². The molecule has 0 amide bonds. The van der Waals surface area contributed by atoms with Crippen molar-refractivity contribution in [2.24, 2.45) is 7.05 Å². The van der Waals surface area contributed by atoms with E-state index in [0.717, 1.165) is 21.6 Å². The molecule has 3 heterocycles. The van der Waals surface area contributed by atoms with Gasteiger partial charge in [-0.1, -0.05) is 23.4 Å². The van der Waals surface area contributed by atoms with Gasteiger partial charge in [-0.15, -0.1) is 11.3 Å². The molecule has 2 N–H and O–H groups in total. The molecule has 8 heteroatoms. The Balaban J connectivity index is 1.86. The van der Waals surface area contributed by atoms with Crippen molar-refractivity contribution in [2.45, 2.75) is 17.8 Å². The van der Waals surface area contributed by atoms with Gasteiger partial charge in [0.25, 0.3) is 0 Å². The van der Waals surface area contributed by atoms with E-state index >= 15 is 0 Å². The van der Waals surface area contributed by atoms with E-state index in [1.807, 2.05) is 25.4 Å². The molecule has 0 fully saturated rings. The van der Waals surface area contributed by atoms with Crippen LogP contribution in [0.15, 0.2) is 16.6 Å². The molecule has 3 rings (SSSR count). The molecule has 104 valence electrons. The van der Waals surface area contributed by atoms with Gasteiger partial charge in [0.2, 0.25) is 0 Å². The second-order valence-corrected chi connectivity index (χ2v) is 6.50. The zero-order valence-corrected chi connectivity index (χ0v) is 13.3. The van der Waals surface area contributed by atoms with Gasteiger partial charge in [0.15, 0.2) is 5.16 Å². The standard InChI is InChI=1S/C12H12ClN5S2/c1-6-9(13)8(18(2)17-6)5-20-12-15-10(14)7-3-4-19-11(7)16-12/h3-4H,5H2,1-2H3,(H2,14,15,16). The first-order valence-corrected chi connectivity index (χ1v) is 8.12. The zero-order valence-electron chi connectivity index (χ0n) is 10.9. The molecule has 0 spiro atoms. The van der Waals surface area contributed by atoms with E-state index in [1.54, 1.807) is 16.0 Å². The van der Waals surface area contributed by atoms with E-state index in [2.05, 4.69) is 15.1 Å². The third-order valence-electron chi connectivity index (χ3n) is 2.93. The van der Waals surface area contributed by atoms with Gasteiger partial charge in [-0.25, -0.2) is 9.97 Å². The van der Waals surface area contributed by atoms with Crippen molar-refractivity contribution in [3.05, 3.63) is 27.9 Å². The number of hydrogen-bond donors (Lipinski definition) is 1. The van der Waals surface area contributed by atoms with Crippen molar-refractivity contribution >= 4 is 50.7 Å². The average molecular weight is 326 g/mol. The number of halogens is 1. The number of aryl methyl sites for hydroxylation is 2. The number of aromatic nitrogens is 4. The van der Waals surface area contributed by atoms with Crippen LogP contribution in [0.5, 0.6) is 0 Å². The molecule has 3 aromatic rings. The summed E-state index contributed by atoms with van der Waals surface area (Å²) in [6.45, 7) is 1.89. The third kappa shape index (κ3) is 2.36. The van der Waals surface area contributed by atoms with Crippen LogP contribution in [0.4, 0.5) is 5.82 Å². The molecule has 0 aliphatic carbocycles. The van der Waals surface area contributed by atoms with Gasteiger partial charge >= 0.3 is 0 Å². The van der Waals surface area contributed by atoms with E-state index < -0.39 is 0 Å². The van der Waals surface area contributed by atoms with Crippen LogP contribution in [0.2, 0.25) is 5.02 Å². The smallest absolute Gasteiger partial charge is 0.191 e.